The minimum Gasteiger partial charge on any atom is -0.508 e. The summed E-state index contributed by atoms with van der Waals surface area (Å²) in [6, 6.07) is 12.1. The smallest absolute Gasteiger partial charge is 0.134 e. The third kappa shape index (κ3) is 2.64. The van der Waals surface area contributed by atoms with Gasteiger partial charge in [-0.15, -0.1) is 0 Å². The van der Waals surface area contributed by atoms with Gasteiger partial charge in [-0.1, -0.05) is 37.6 Å². The monoisotopic (exact) mass is 230 g/mol. The summed E-state index contributed by atoms with van der Waals surface area (Å²) in [4.78, 5) is 0. The predicted molar refractivity (Wildman–Crippen MR) is 67.5 cm³/mol. The van der Waals surface area contributed by atoms with Crippen LogP contribution in [0.1, 0.15) is 18.9 Å². The van der Waals surface area contributed by atoms with E-state index in [1.807, 2.05) is 24.3 Å². The van der Waals surface area contributed by atoms with E-state index in [1.54, 1.807) is 6.07 Å². The fraction of sp³-hybridized carbons (Fsp3) is 0.200. The van der Waals surface area contributed by atoms with Crippen LogP contribution in [0.3, 0.4) is 0 Å². The van der Waals surface area contributed by atoms with Crippen molar-refractivity contribution in [2.45, 2.75) is 19.8 Å². The van der Waals surface area contributed by atoms with Crippen molar-refractivity contribution in [2.24, 2.45) is 0 Å². The van der Waals surface area contributed by atoms with E-state index in [4.69, 9.17) is 5.11 Å². The summed E-state index contributed by atoms with van der Waals surface area (Å²) >= 11 is 0. The first-order chi connectivity index (χ1) is 8.20. The minimum atomic E-state index is -0.395. The van der Waals surface area contributed by atoms with E-state index in [-0.39, 0.29) is 5.75 Å². The summed E-state index contributed by atoms with van der Waals surface area (Å²) < 4.78 is 13.6. The Morgan fingerprint density at radius 1 is 1.06 bits per heavy atom. The van der Waals surface area contributed by atoms with E-state index in [2.05, 4.69) is 6.92 Å². The second-order valence-electron chi connectivity index (χ2n) is 4.11. The second kappa shape index (κ2) is 5.00. The van der Waals surface area contributed by atoms with Crippen LogP contribution in [-0.4, -0.2) is 5.11 Å². The van der Waals surface area contributed by atoms with Gasteiger partial charge in [0, 0.05) is 11.6 Å². The Balaban J connectivity index is 2.33. The maximum atomic E-state index is 13.6. The van der Waals surface area contributed by atoms with E-state index >= 15 is 0 Å². The maximum Gasteiger partial charge on any atom is 0.134 e. The molecule has 2 rings (SSSR count). The van der Waals surface area contributed by atoms with Crippen LogP contribution in [0.15, 0.2) is 42.5 Å². The minimum absolute atomic E-state index is 0.0474. The zero-order valence-corrected chi connectivity index (χ0v) is 9.78. The van der Waals surface area contributed by atoms with Gasteiger partial charge in [-0.3, -0.25) is 0 Å². The van der Waals surface area contributed by atoms with Gasteiger partial charge in [-0.05, 0) is 29.7 Å². The molecule has 2 aromatic carbocycles. The topological polar surface area (TPSA) is 20.2 Å². The molecule has 0 fully saturated rings. The molecule has 0 saturated carbocycles. The van der Waals surface area contributed by atoms with Crippen molar-refractivity contribution < 1.29 is 9.50 Å². The van der Waals surface area contributed by atoms with Crippen LogP contribution >= 0.6 is 0 Å². The van der Waals surface area contributed by atoms with Gasteiger partial charge in [0.1, 0.15) is 11.6 Å². The molecule has 0 amide bonds. The number of rotatable bonds is 3. The van der Waals surface area contributed by atoms with Gasteiger partial charge in [-0.2, -0.15) is 0 Å². The van der Waals surface area contributed by atoms with Gasteiger partial charge >= 0.3 is 0 Å². The lowest BCUT2D eigenvalue weighted by atomic mass is 10.0. The van der Waals surface area contributed by atoms with E-state index in [1.165, 1.54) is 11.6 Å². The molecule has 2 aromatic rings. The summed E-state index contributed by atoms with van der Waals surface area (Å²) in [6.07, 6.45) is 2.14. The number of hydrogen-bond donors (Lipinski definition) is 1. The highest BCUT2D eigenvalue weighted by molar-refractivity contribution is 5.65. The molecule has 0 atom stereocenters. The fourth-order valence-corrected chi connectivity index (χ4v) is 1.88. The van der Waals surface area contributed by atoms with Gasteiger partial charge in [0.05, 0.1) is 0 Å². The number of halogens is 1. The zero-order chi connectivity index (χ0) is 12.3. The van der Waals surface area contributed by atoms with Crippen LogP contribution in [0.25, 0.3) is 11.1 Å². The molecular weight excluding hydrogens is 215 g/mol. The summed E-state index contributed by atoms with van der Waals surface area (Å²) in [6.45, 7) is 2.13. The van der Waals surface area contributed by atoms with Crippen molar-refractivity contribution in [3.05, 3.63) is 53.8 Å². The highest BCUT2D eigenvalue weighted by Gasteiger charge is 2.05. The lowest BCUT2D eigenvalue weighted by Gasteiger charge is -2.05. The Kier molecular flexibility index (Phi) is 3.43. The molecule has 0 aromatic heterocycles. The van der Waals surface area contributed by atoms with Crippen LogP contribution in [0.2, 0.25) is 0 Å². The Bertz CT molecular complexity index is 503. The Hall–Kier alpha value is -1.83. The third-order valence-corrected chi connectivity index (χ3v) is 2.76. The quantitative estimate of drug-likeness (QED) is 0.839. The number of hydrogen-bond acceptors (Lipinski definition) is 1. The van der Waals surface area contributed by atoms with Crippen molar-refractivity contribution in [1.29, 1.82) is 0 Å². The molecule has 88 valence electrons. The zero-order valence-electron chi connectivity index (χ0n) is 9.78. The Morgan fingerprint density at radius 2 is 1.76 bits per heavy atom. The molecule has 0 unspecified atom stereocenters. The molecule has 1 nitrogen and oxygen atoms in total. The highest BCUT2D eigenvalue weighted by Crippen LogP contribution is 2.26. The Morgan fingerprint density at radius 3 is 2.35 bits per heavy atom. The van der Waals surface area contributed by atoms with Crippen molar-refractivity contribution in [1.82, 2.24) is 0 Å². The van der Waals surface area contributed by atoms with Crippen LogP contribution in [-0.2, 0) is 6.42 Å². The van der Waals surface area contributed by atoms with Gasteiger partial charge in [-0.25, -0.2) is 4.39 Å². The summed E-state index contributed by atoms with van der Waals surface area (Å²) in [5, 5.41) is 9.16. The Labute approximate surface area is 101 Å². The molecule has 2 heteroatoms. The SMILES string of the molecule is CCCc1ccc(-c2ccc(O)cc2F)cc1. The maximum absolute atomic E-state index is 13.6. The third-order valence-electron chi connectivity index (χ3n) is 2.76. The molecular formula is C15H15FO. The van der Waals surface area contributed by atoms with E-state index in [9.17, 15) is 4.39 Å². The van der Waals surface area contributed by atoms with Crippen LogP contribution < -0.4 is 0 Å². The number of aryl methyl sites for hydroxylation is 1. The number of phenolic OH excluding ortho intramolecular Hbond substituents is 1. The first kappa shape index (κ1) is 11.6. The summed E-state index contributed by atoms with van der Waals surface area (Å²) in [5.74, 6) is -0.443. The van der Waals surface area contributed by atoms with Crippen molar-refractivity contribution >= 4 is 0 Å². The average molecular weight is 230 g/mol. The van der Waals surface area contributed by atoms with E-state index in [0.717, 1.165) is 24.5 Å². The first-order valence-corrected chi connectivity index (χ1v) is 5.78. The van der Waals surface area contributed by atoms with Crippen LogP contribution in [0.5, 0.6) is 5.75 Å². The molecule has 1 N–H and O–H groups in total. The van der Waals surface area contributed by atoms with E-state index in [0.29, 0.717) is 5.56 Å². The molecule has 0 bridgehead atoms. The number of benzene rings is 2. The van der Waals surface area contributed by atoms with Gasteiger partial charge in [0.2, 0.25) is 0 Å². The molecule has 0 aliphatic carbocycles. The molecule has 0 radical (unpaired) electrons. The largest absolute Gasteiger partial charge is 0.508 e. The van der Waals surface area contributed by atoms with Gasteiger partial charge < -0.3 is 5.11 Å². The highest BCUT2D eigenvalue weighted by atomic mass is 19.1. The molecule has 0 aliphatic heterocycles. The van der Waals surface area contributed by atoms with Gasteiger partial charge in [0.15, 0.2) is 0 Å². The van der Waals surface area contributed by atoms with E-state index < -0.39 is 5.82 Å². The van der Waals surface area contributed by atoms with Crippen molar-refractivity contribution in [3.8, 4) is 16.9 Å². The van der Waals surface area contributed by atoms with Gasteiger partial charge in [0.25, 0.3) is 0 Å². The van der Waals surface area contributed by atoms with Crippen LogP contribution in [0, 0.1) is 5.82 Å². The second-order valence-corrected chi connectivity index (χ2v) is 4.11. The average Bonchev–Trinajstić information content (AvgIpc) is 2.31. The van der Waals surface area contributed by atoms with Crippen molar-refractivity contribution in [2.75, 3.05) is 0 Å². The fourth-order valence-electron chi connectivity index (χ4n) is 1.88. The molecule has 0 spiro atoms. The van der Waals surface area contributed by atoms with Crippen molar-refractivity contribution in [3.63, 3.8) is 0 Å². The lowest BCUT2D eigenvalue weighted by Crippen LogP contribution is -1.86. The molecule has 0 saturated heterocycles. The summed E-state index contributed by atoms with van der Waals surface area (Å²) in [7, 11) is 0. The first-order valence-electron chi connectivity index (χ1n) is 5.78. The van der Waals surface area contributed by atoms with Crippen LogP contribution in [0.4, 0.5) is 4.39 Å². The summed E-state index contributed by atoms with van der Waals surface area (Å²) in [5.41, 5.74) is 2.61. The number of phenols is 1. The predicted octanol–water partition coefficient (Wildman–Crippen LogP) is 4.15. The molecule has 0 heterocycles. The molecule has 0 aliphatic rings. The molecule has 17 heavy (non-hydrogen) atoms. The number of aromatic hydroxyl groups is 1. The standard InChI is InChI=1S/C15H15FO/c1-2-3-11-4-6-12(7-5-11)14-9-8-13(17)10-15(14)16/h4-10,17H,2-3H2,1H3. The normalized spacial score (nSPS) is 10.5. The lowest BCUT2D eigenvalue weighted by molar-refractivity contribution is 0.469.